The lowest BCUT2D eigenvalue weighted by molar-refractivity contribution is 0.447. The third-order valence-electron chi connectivity index (χ3n) is 3.36. The van der Waals surface area contributed by atoms with Gasteiger partial charge in [-0.15, -0.1) is 0 Å². The molecule has 0 saturated carbocycles. The van der Waals surface area contributed by atoms with Gasteiger partial charge in [-0.1, -0.05) is 29.9 Å². The zero-order valence-corrected chi connectivity index (χ0v) is 11.9. The molecule has 3 nitrogen and oxygen atoms in total. The standard InChI is InChI=1S/C13H16ClN3S/c1-2-10-8-17(6-5-15-10)13-16-11-4-3-9(14)7-12(11)18-13/h3-4,7,10,15H,2,5-6,8H2,1H3. The van der Waals surface area contributed by atoms with E-state index in [4.69, 9.17) is 16.6 Å². The third-order valence-corrected chi connectivity index (χ3v) is 4.67. The van der Waals surface area contributed by atoms with Gasteiger partial charge in [0.25, 0.3) is 0 Å². The number of hydrogen-bond donors (Lipinski definition) is 1. The van der Waals surface area contributed by atoms with Crippen molar-refractivity contribution in [3.8, 4) is 0 Å². The second-order valence-corrected chi connectivity index (χ2v) is 6.06. The average Bonchev–Trinajstić information content (AvgIpc) is 2.81. The maximum absolute atomic E-state index is 6.01. The molecule has 1 aromatic heterocycles. The molecule has 0 spiro atoms. The minimum Gasteiger partial charge on any atom is -0.345 e. The summed E-state index contributed by atoms with van der Waals surface area (Å²) in [5, 5.41) is 5.43. The molecule has 18 heavy (non-hydrogen) atoms. The van der Waals surface area contributed by atoms with E-state index in [0.717, 1.165) is 41.7 Å². The van der Waals surface area contributed by atoms with E-state index in [9.17, 15) is 0 Å². The molecule has 1 N–H and O–H groups in total. The molecule has 0 amide bonds. The summed E-state index contributed by atoms with van der Waals surface area (Å²) in [5.41, 5.74) is 1.05. The number of hydrogen-bond acceptors (Lipinski definition) is 4. The Labute approximate surface area is 116 Å². The zero-order valence-electron chi connectivity index (χ0n) is 10.3. The quantitative estimate of drug-likeness (QED) is 0.917. The van der Waals surface area contributed by atoms with Crippen LogP contribution in [0.4, 0.5) is 5.13 Å². The van der Waals surface area contributed by atoms with Crippen LogP contribution < -0.4 is 10.2 Å². The number of halogens is 1. The van der Waals surface area contributed by atoms with E-state index in [1.807, 2.05) is 18.2 Å². The lowest BCUT2D eigenvalue weighted by Crippen LogP contribution is -2.50. The Balaban J connectivity index is 1.89. The minimum atomic E-state index is 0.578. The Kier molecular flexibility index (Phi) is 3.41. The Morgan fingerprint density at radius 1 is 1.56 bits per heavy atom. The average molecular weight is 282 g/mol. The first kappa shape index (κ1) is 12.2. The van der Waals surface area contributed by atoms with E-state index in [0.29, 0.717) is 6.04 Å². The smallest absolute Gasteiger partial charge is 0.186 e. The van der Waals surface area contributed by atoms with Gasteiger partial charge in [-0.2, -0.15) is 0 Å². The van der Waals surface area contributed by atoms with E-state index in [1.165, 1.54) is 4.70 Å². The second kappa shape index (κ2) is 5.03. The van der Waals surface area contributed by atoms with Crippen molar-refractivity contribution >= 4 is 38.3 Å². The topological polar surface area (TPSA) is 28.2 Å². The molecule has 0 bridgehead atoms. The monoisotopic (exact) mass is 281 g/mol. The number of fused-ring (bicyclic) bond motifs is 1. The highest BCUT2D eigenvalue weighted by Crippen LogP contribution is 2.31. The normalized spacial score (nSPS) is 20.6. The van der Waals surface area contributed by atoms with Gasteiger partial charge in [-0.25, -0.2) is 4.98 Å². The van der Waals surface area contributed by atoms with Gasteiger partial charge in [0.1, 0.15) is 0 Å². The molecule has 5 heteroatoms. The predicted octanol–water partition coefficient (Wildman–Crippen LogP) is 3.14. The van der Waals surface area contributed by atoms with Crippen LogP contribution in [0.2, 0.25) is 5.02 Å². The molecule has 1 saturated heterocycles. The van der Waals surface area contributed by atoms with Crippen LogP contribution in [0, 0.1) is 0 Å². The van der Waals surface area contributed by atoms with E-state index < -0.39 is 0 Å². The molecular weight excluding hydrogens is 266 g/mol. The van der Waals surface area contributed by atoms with Crippen molar-refractivity contribution in [2.24, 2.45) is 0 Å². The molecule has 96 valence electrons. The number of nitrogens with zero attached hydrogens (tertiary/aromatic N) is 2. The highest BCUT2D eigenvalue weighted by Gasteiger charge is 2.20. The number of thiazole rings is 1. The van der Waals surface area contributed by atoms with Crippen molar-refractivity contribution < 1.29 is 0 Å². The number of anilines is 1. The summed E-state index contributed by atoms with van der Waals surface area (Å²) in [6, 6.07) is 6.48. The fraction of sp³-hybridized carbons (Fsp3) is 0.462. The van der Waals surface area contributed by atoms with Crippen molar-refractivity contribution in [3.63, 3.8) is 0 Å². The summed E-state index contributed by atoms with van der Waals surface area (Å²) < 4.78 is 1.17. The highest BCUT2D eigenvalue weighted by molar-refractivity contribution is 7.22. The number of aromatic nitrogens is 1. The van der Waals surface area contributed by atoms with Crippen LogP contribution in [0.1, 0.15) is 13.3 Å². The van der Waals surface area contributed by atoms with Crippen molar-refractivity contribution in [2.75, 3.05) is 24.5 Å². The van der Waals surface area contributed by atoms with Crippen LogP contribution in [0.25, 0.3) is 10.2 Å². The van der Waals surface area contributed by atoms with Crippen molar-refractivity contribution in [1.82, 2.24) is 10.3 Å². The maximum atomic E-state index is 6.01. The summed E-state index contributed by atoms with van der Waals surface area (Å²) >= 11 is 7.75. The summed E-state index contributed by atoms with van der Waals surface area (Å²) in [6.07, 6.45) is 1.16. The number of nitrogens with one attached hydrogen (secondary N) is 1. The molecular formula is C13H16ClN3S. The summed E-state index contributed by atoms with van der Waals surface area (Å²) in [7, 11) is 0. The summed E-state index contributed by atoms with van der Waals surface area (Å²) in [4.78, 5) is 7.08. The molecule has 1 aromatic carbocycles. The molecule has 2 heterocycles. The van der Waals surface area contributed by atoms with Gasteiger partial charge in [-0.05, 0) is 24.6 Å². The van der Waals surface area contributed by atoms with Gasteiger partial charge in [0.15, 0.2) is 5.13 Å². The van der Waals surface area contributed by atoms with Crippen LogP contribution in [0.5, 0.6) is 0 Å². The van der Waals surface area contributed by atoms with Gasteiger partial charge in [0.2, 0.25) is 0 Å². The van der Waals surface area contributed by atoms with Crippen LogP contribution in [0.3, 0.4) is 0 Å². The first-order chi connectivity index (χ1) is 8.76. The second-order valence-electron chi connectivity index (χ2n) is 4.61. The fourth-order valence-electron chi connectivity index (χ4n) is 2.29. The highest BCUT2D eigenvalue weighted by atomic mass is 35.5. The molecule has 1 fully saturated rings. The first-order valence-corrected chi connectivity index (χ1v) is 7.50. The summed E-state index contributed by atoms with van der Waals surface area (Å²) in [6.45, 7) is 5.34. The molecule has 1 aliphatic rings. The van der Waals surface area contributed by atoms with Crippen LogP contribution in [-0.4, -0.2) is 30.7 Å². The van der Waals surface area contributed by atoms with E-state index >= 15 is 0 Å². The van der Waals surface area contributed by atoms with Crippen LogP contribution in [-0.2, 0) is 0 Å². The minimum absolute atomic E-state index is 0.578. The number of benzene rings is 1. The van der Waals surface area contributed by atoms with Gasteiger partial charge in [0.05, 0.1) is 10.2 Å². The van der Waals surface area contributed by atoms with E-state index in [-0.39, 0.29) is 0 Å². The van der Waals surface area contributed by atoms with E-state index in [2.05, 4.69) is 17.1 Å². The Bertz CT molecular complexity index is 554. The largest absolute Gasteiger partial charge is 0.345 e. The number of rotatable bonds is 2. The Hall–Kier alpha value is -0.840. The van der Waals surface area contributed by atoms with Gasteiger partial charge in [-0.3, -0.25) is 0 Å². The van der Waals surface area contributed by atoms with Gasteiger partial charge in [0, 0.05) is 30.7 Å². The zero-order chi connectivity index (χ0) is 12.5. The third kappa shape index (κ3) is 2.32. The molecule has 1 aliphatic heterocycles. The molecule has 0 aliphatic carbocycles. The van der Waals surface area contributed by atoms with Crippen molar-refractivity contribution in [1.29, 1.82) is 0 Å². The maximum Gasteiger partial charge on any atom is 0.186 e. The predicted molar refractivity (Wildman–Crippen MR) is 78.9 cm³/mol. The van der Waals surface area contributed by atoms with Gasteiger partial charge < -0.3 is 10.2 Å². The van der Waals surface area contributed by atoms with E-state index in [1.54, 1.807) is 11.3 Å². The molecule has 3 rings (SSSR count). The Morgan fingerprint density at radius 2 is 2.44 bits per heavy atom. The van der Waals surface area contributed by atoms with Crippen molar-refractivity contribution in [3.05, 3.63) is 23.2 Å². The fourth-order valence-corrected chi connectivity index (χ4v) is 3.57. The Morgan fingerprint density at radius 3 is 3.28 bits per heavy atom. The first-order valence-electron chi connectivity index (χ1n) is 6.30. The van der Waals surface area contributed by atoms with Crippen LogP contribution in [0.15, 0.2) is 18.2 Å². The summed E-state index contributed by atoms with van der Waals surface area (Å²) in [5.74, 6) is 0. The molecule has 2 aromatic rings. The molecule has 1 unspecified atom stereocenters. The van der Waals surface area contributed by atoms with Crippen LogP contribution >= 0.6 is 22.9 Å². The lowest BCUT2D eigenvalue weighted by atomic mass is 10.2. The molecule has 0 radical (unpaired) electrons. The molecule has 1 atom stereocenters. The number of piperazine rings is 1. The van der Waals surface area contributed by atoms with Crippen molar-refractivity contribution in [2.45, 2.75) is 19.4 Å². The SMILES string of the molecule is CCC1CN(c2nc3ccc(Cl)cc3s2)CCN1. The lowest BCUT2D eigenvalue weighted by Gasteiger charge is -2.32. The van der Waals surface area contributed by atoms with Gasteiger partial charge >= 0.3 is 0 Å².